The highest BCUT2D eigenvalue weighted by Crippen LogP contribution is 2.17. The Kier molecular flexibility index (Phi) is 20.6. The van der Waals surface area contributed by atoms with Crippen LogP contribution < -0.4 is 10.4 Å². The van der Waals surface area contributed by atoms with E-state index in [1.54, 1.807) is 0 Å². The van der Waals surface area contributed by atoms with Crippen LogP contribution in [0.4, 0.5) is 5.69 Å². The van der Waals surface area contributed by atoms with Crippen molar-refractivity contribution in [1.82, 2.24) is 5.43 Å². The van der Waals surface area contributed by atoms with E-state index in [0.29, 0.717) is 0 Å². The number of rotatable bonds is 6. The third kappa shape index (κ3) is 15.9. The Bertz CT molecular complexity index is 976. The molecule has 4 rings (SSSR count). The van der Waals surface area contributed by atoms with Crippen molar-refractivity contribution in [3.05, 3.63) is 150 Å². The van der Waals surface area contributed by atoms with Gasteiger partial charge in [0.1, 0.15) is 0 Å². The number of benzene rings is 4. The van der Waals surface area contributed by atoms with Crippen LogP contribution in [0.5, 0.6) is 0 Å². The topological polar surface area (TPSA) is 15.3 Å². The molecule has 0 aliphatic carbocycles. The van der Waals surface area contributed by atoms with Crippen molar-refractivity contribution in [2.45, 2.75) is 61.4 Å². The maximum Gasteiger partial charge on any atom is 0.0573 e. The Labute approximate surface area is 227 Å². The van der Waals surface area contributed by atoms with E-state index < -0.39 is 0 Å². The van der Waals surface area contributed by atoms with Crippen LogP contribution in [0.2, 0.25) is 0 Å². The first-order valence-corrected chi connectivity index (χ1v) is 13.4. The van der Waals surface area contributed by atoms with Crippen LogP contribution in [0.3, 0.4) is 0 Å². The minimum Gasteiger partial charge on any atom is -0.281 e. The molecule has 0 bridgehead atoms. The number of hydrogen-bond donors (Lipinski definition) is 1. The number of nitrogens with zero attached hydrogens (tertiary/aromatic N) is 1. The Morgan fingerprint density at radius 3 is 1.27 bits per heavy atom. The summed E-state index contributed by atoms with van der Waals surface area (Å²) >= 11 is 0. The van der Waals surface area contributed by atoms with Gasteiger partial charge in [-0.1, -0.05) is 162 Å². The summed E-state index contributed by atoms with van der Waals surface area (Å²) in [6.45, 7) is 19.2. The number of hydrogen-bond acceptors (Lipinski definition) is 2. The first-order valence-electron chi connectivity index (χ1n) is 13.4. The van der Waals surface area contributed by atoms with Gasteiger partial charge in [-0.05, 0) is 38.0 Å². The quantitative estimate of drug-likeness (QED) is 0.267. The molecule has 0 saturated heterocycles. The van der Waals surface area contributed by atoms with E-state index in [9.17, 15) is 0 Å². The molecule has 0 radical (unpaired) electrons. The highest BCUT2D eigenvalue weighted by molar-refractivity contribution is 5.49. The van der Waals surface area contributed by atoms with Crippen LogP contribution >= 0.6 is 0 Å². The molecule has 4 aromatic rings. The zero-order chi connectivity index (χ0) is 27.7. The monoisotopic (exact) mass is 496 g/mol. The van der Waals surface area contributed by atoms with Crippen molar-refractivity contribution in [3.63, 3.8) is 0 Å². The van der Waals surface area contributed by atoms with E-state index in [2.05, 4.69) is 98.4 Å². The average Bonchev–Trinajstić information content (AvgIpc) is 2.98. The summed E-state index contributed by atoms with van der Waals surface area (Å²) in [6, 6.07) is 41.2. The predicted molar refractivity (Wildman–Crippen MR) is 167 cm³/mol. The van der Waals surface area contributed by atoms with Crippen molar-refractivity contribution >= 4 is 5.69 Å². The van der Waals surface area contributed by atoms with Crippen molar-refractivity contribution in [2.24, 2.45) is 0 Å². The SMILES string of the molecule is C=C(CC)N(NCc1ccccc1)c1ccccc1.CC.CC.Cc1ccccc1.Cc1ccccc1. The molecule has 4 aromatic carbocycles. The summed E-state index contributed by atoms with van der Waals surface area (Å²) < 4.78 is 0. The second kappa shape index (κ2) is 22.8. The Balaban J connectivity index is 0.000000589. The summed E-state index contributed by atoms with van der Waals surface area (Å²) in [5.41, 5.74) is 9.51. The standard InChI is InChI=1S/C17H20N2.2C7H8.2C2H6/c1-3-15(2)19(17-12-8-5-9-13-17)18-14-16-10-6-4-7-11-16;2*1-7-5-3-2-4-6-7;2*1-2/h4-13,18H,2-3,14H2,1H3;2*2-6H,1H3;2*1-2H3. The minimum atomic E-state index is 0.786. The Morgan fingerprint density at radius 1 is 0.595 bits per heavy atom. The van der Waals surface area contributed by atoms with Gasteiger partial charge in [0.2, 0.25) is 0 Å². The zero-order valence-corrected chi connectivity index (χ0v) is 24.1. The van der Waals surface area contributed by atoms with E-state index in [1.165, 1.54) is 16.7 Å². The molecule has 1 N–H and O–H groups in total. The first-order chi connectivity index (χ1) is 18.1. The third-order valence-electron chi connectivity index (χ3n) is 4.90. The fraction of sp³-hybridized carbons (Fsp3) is 0.257. The van der Waals surface area contributed by atoms with Gasteiger partial charge in [-0.25, -0.2) is 5.43 Å². The molecule has 0 aliphatic rings. The fourth-order valence-corrected chi connectivity index (χ4v) is 2.96. The molecule has 2 heteroatoms. The molecule has 0 unspecified atom stereocenters. The van der Waals surface area contributed by atoms with Crippen molar-refractivity contribution in [1.29, 1.82) is 0 Å². The molecule has 0 saturated carbocycles. The van der Waals surface area contributed by atoms with Crippen LogP contribution in [-0.2, 0) is 6.54 Å². The number of allylic oxidation sites excluding steroid dienone is 1. The lowest BCUT2D eigenvalue weighted by atomic mass is 10.2. The van der Waals surface area contributed by atoms with Crippen LogP contribution in [0, 0.1) is 13.8 Å². The van der Waals surface area contributed by atoms with Crippen molar-refractivity contribution in [2.75, 3.05) is 5.01 Å². The van der Waals surface area contributed by atoms with Crippen LogP contribution in [0.1, 0.15) is 57.7 Å². The molecule has 0 aliphatic heterocycles. The molecule has 0 heterocycles. The molecule has 0 amide bonds. The summed E-state index contributed by atoms with van der Waals surface area (Å²) in [5.74, 6) is 0. The van der Waals surface area contributed by atoms with Gasteiger partial charge in [-0.3, -0.25) is 5.01 Å². The lowest BCUT2D eigenvalue weighted by molar-refractivity contribution is 0.667. The van der Waals surface area contributed by atoms with Crippen LogP contribution in [0.25, 0.3) is 0 Å². The molecular formula is C35H48N2. The number of aryl methyl sites for hydroxylation is 2. The average molecular weight is 497 g/mol. The van der Waals surface area contributed by atoms with E-state index in [1.807, 2.05) is 88.4 Å². The van der Waals surface area contributed by atoms with Gasteiger partial charge < -0.3 is 0 Å². The summed E-state index contributed by atoms with van der Waals surface area (Å²) in [5, 5.41) is 2.06. The maximum absolute atomic E-state index is 4.13. The second-order valence-corrected chi connectivity index (χ2v) is 7.72. The minimum absolute atomic E-state index is 0.786. The Morgan fingerprint density at radius 2 is 0.946 bits per heavy atom. The van der Waals surface area contributed by atoms with E-state index in [0.717, 1.165) is 24.4 Å². The molecule has 0 atom stereocenters. The van der Waals surface area contributed by atoms with Gasteiger partial charge in [-0.2, -0.15) is 0 Å². The van der Waals surface area contributed by atoms with Gasteiger partial charge >= 0.3 is 0 Å². The Hall–Kier alpha value is -3.62. The molecule has 0 fully saturated rings. The molecular weight excluding hydrogens is 448 g/mol. The number of hydrazine groups is 1. The summed E-state index contributed by atoms with van der Waals surface area (Å²) in [4.78, 5) is 0. The summed E-state index contributed by atoms with van der Waals surface area (Å²) in [7, 11) is 0. The molecule has 2 nitrogen and oxygen atoms in total. The van der Waals surface area contributed by atoms with Crippen LogP contribution in [0.15, 0.2) is 134 Å². The van der Waals surface area contributed by atoms with Gasteiger partial charge in [0.05, 0.1) is 5.69 Å². The van der Waals surface area contributed by atoms with Gasteiger partial charge in [0.15, 0.2) is 0 Å². The lowest BCUT2D eigenvalue weighted by Gasteiger charge is -2.27. The maximum atomic E-state index is 4.13. The van der Waals surface area contributed by atoms with Crippen molar-refractivity contribution in [3.8, 4) is 0 Å². The van der Waals surface area contributed by atoms with Crippen molar-refractivity contribution < 1.29 is 0 Å². The van der Waals surface area contributed by atoms with E-state index >= 15 is 0 Å². The van der Waals surface area contributed by atoms with E-state index in [-0.39, 0.29) is 0 Å². The zero-order valence-electron chi connectivity index (χ0n) is 24.1. The number of para-hydroxylation sites is 1. The van der Waals surface area contributed by atoms with Crippen LogP contribution in [-0.4, -0.2) is 0 Å². The molecule has 198 valence electrons. The summed E-state index contributed by atoms with van der Waals surface area (Å²) in [6.07, 6.45) is 0.913. The van der Waals surface area contributed by atoms with E-state index in [4.69, 9.17) is 0 Å². The molecule has 0 spiro atoms. The van der Waals surface area contributed by atoms with Gasteiger partial charge in [0, 0.05) is 12.2 Å². The second-order valence-electron chi connectivity index (χ2n) is 7.72. The highest BCUT2D eigenvalue weighted by Gasteiger charge is 2.08. The number of nitrogens with one attached hydrogen (secondary N) is 1. The fourth-order valence-electron chi connectivity index (χ4n) is 2.96. The lowest BCUT2D eigenvalue weighted by Crippen LogP contribution is -2.36. The molecule has 0 aromatic heterocycles. The van der Waals surface area contributed by atoms with Gasteiger partial charge in [-0.15, -0.1) is 0 Å². The first kappa shape index (κ1) is 33.4. The smallest absolute Gasteiger partial charge is 0.0573 e. The molecule has 37 heavy (non-hydrogen) atoms. The van der Waals surface area contributed by atoms with Gasteiger partial charge in [0.25, 0.3) is 0 Å². The third-order valence-corrected chi connectivity index (χ3v) is 4.90. The largest absolute Gasteiger partial charge is 0.281 e. The highest BCUT2D eigenvalue weighted by atomic mass is 15.5. The predicted octanol–water partition coefficient (Wildman–Crippen LogP) is 10.2. The normalized spacial score (nSPS) is 8.84. The number of anilines is 1.